The summed E-state index contributed by atoms with van der Waals surface area (Å²) >= 11 is 0. The van der Waals surface area contributed by atoms with Gasteiger partial charge in [0.25, 0.3) is 0 Å². The number of amidine groups is 1. The minimum atomic E-state index is -0.575. The number of aliphatic imine (C=N–C) groups is 1. The fraction of sp³-hybridized carbons (Fsp3) is 0.467. The summed E-state index contributed by atoms with van der Waals surface area (Å²) in [6.07, 6.45) is 0. The summed E-state index contributed by atoms with van der Waals surface area (Å²) in [6, 6.07) is 1.94. The molecule has 0 radical (unpaired) electrons. The zero-order valence-electron chi connectivity index (χ0n) is 12.3. The fourth-order valence-corrected chi connectivity index (χ4v) is 2.36. The summed E-state index contributed by atoms with van der Waals surface area (Å²) in [5, 5.41) is 0. The van der Waals surface area contributed by atoms with Crippen molar-refractivity contribution in [2.45, 2.75) is 47.3 Å². The molecule has 4 nitrogen and oxygen atoms in total. The fourth-order valence-electron chi connectivity index (χ4n) is 2.36. The number of carbonyl (C=O) groups is 1. The number of hydrogen-bond acceptors (Lipinski definition) is 4. The van der Waals surface area contributed by atoms with Crippen molar-refractivity contribution in [3.05, 3.63) is 33.9 Å². The molecule has 102 valence electrons. The molecule has 1 aromatic rings. The van der Waals surface area contributed by atoms with Gasteiger partial charge in [0, 0.05) is 11.1 Å². The number of rotatable bonds is 2. The second-order valence-electron chi connectivity index (χ2n) is 5.53. The second kappa shape index (κ2) is 4.46. The standard InChI is InChI=1S/C15H20N2O2/c1-8-7-12(11(4)18)10(3)13(9(8)2)14-16-15(5,6)19-17-14/h7H,1-6H3,(H,16,17). The Hall–Kier alpha value is -1.68. The zero-order chi connectivity index (χ0) is 14.4. The van der Waals surface area contributed by atoms with Crippen LogP contribution in [0.1, 0.15) is 53.4 Å². The highest BCUT2D eigenvalue weighted by molar-refractivity contribution is 6.05. The van der Waals surface area contributed by atoms with Crippen molar-refractivity contribution < 1.29 is 9.63 Å². The van der Waals surface area contributed by atoms with E-state index in [9.17, 15) is 4.79 Å². The van der Waals surface area contributed by atoms with Crippen molar-refractivity contribution >= 4 is 11.6 Å². The van der Waals surface area contributed by atoms with Crippen LogP contribution in [0.15, 0.2) is 11.1 Å². The van der Waals surface area contributed by atoms with E-state index in [1.807, 2.05) is 40.7 Å². The Labute approximate surface area is 113 Å². The summed E-state index contributed by atoms with van der Waals surface area (Å²) in [6.45, 7) is 11.4. The van der Waals surface area contributed by atoms with Crippen LogP contribution in [0.25, 0.3) is 0 Å². The van der Waals surface area contributed by atoms with E-state index in [1.165, 1.54) is 0 Å². The van der Waals surface area contributed by atoms with Crippen LogP contribution in [0.2, 0.25) is 0 Å². The minimum absolute atomic E-state index is 0.0700. The molecular formula is C15H20N2O2. The van der Waals surface area contributed by atoms with Crippen LogP contribution in [0.5, 0.6) is 0 Å². The van der Waals surface area contributed by atoms with E-state index >= 15 is 0 Å². The zero-order valence-corrected chi connectivity index (χ0v) is 12.3. The molecular weight excluding hydrogens is 240 g/mol. The van der Waals surface area contributed by atoms with Crippen LogP contribution in [0.3, 0.4) is 0 Å². The van der Waals surface area contributed by atoms with E-state index in [-0.39, 0.29) is 5.78 Å². The van der Waals surface area contributed by atoms with Gasteiger partial charge < -0.3 is 0 Å². The molecule has 0 aliphatic carbocycles. The topological polar surface area (TPSA) is 50.7 Å². The number of aryl methyl sites for hydroxylation is 1. The highest BCUT2D eigenvalue weighted by Crippen LogP contribution is 2.26. The molecule has 1 N–H and O–H groups in total. The van der Waals surface area contributed by atoms with E-state index < -0.39 is 5.72 Å². The lowest BCUT2D eigenvalue weighted by molar-refractivity contribution is -0.0270. The third-order valence-corrected chi connectivity index (χ3v) is 3.50. The highest BCUT2D eigenvalue weighted by atomic mass is 16.7. The normalized spacial score (nSPS) is 17.1. The first-order valence-corrected chi connectivity index (χ1v) is 6.39. The number of benzene rings is 1. The molecule has 0 bridgehead atoms. The van der Waals surface area contributed by atoms with Crippen molar-refractivity contribution in [2.24, 2.45) is 4.99 Å². The smallest absolute Gasteiger partial charge is 0.182 e. The Bertz CT molecular complexity index is 586. The number of hydroxylamine groups is 1. The Kier molecular flexibility index (Phi) is 3.22. The first-order valence-electron chi connectivity index (χ1n) is 6.39. The number of hydrogen-bond donors (Lipinski definition) is 1. The Balaban J connectivity index is 2.67. The van der Waals surface area contributed by atoms with Gasteiger partial charge in [-0.1, -0.05) is 0 Å². The molecule has 1 aliphatic heterocycles. The number of Topliss-reactive ketones (excluding diaryl/α,β-unsaturated/α-hetero) is 1. The molecule has 0 aromatic heterocycles. The monoisotopic (exact) mass is 260 g/mol. The van der Waals surface area contributed by atoms with E-state index in [0.29, 0.717) is 5.84 Å². The summed E-state index contributed by atoms with van der Waals surface area (Å²) in [4.78, 5) is 21.7. The molecule has 2 rings (SSSR count). The number of ketones is 1. The molecule has 0 atom stereocenters. The van der Waals surface area contributed by atoms with Gasteiger partial charge in [-0.25, -0.2) is 15.3 Å². The third kappa shape index (κ3) is 2.40. The van der Waals surface area contributed by atoms with E-state index in [0.717, 1.165) is 27.8 Å². The van der Waals surface area contributed by atoms with E-state index in [2.05, 4.69) is 10.5 Å². The van der Waals surface area contributed by atoms with E-state index in [1.54, 1.807) is 6.92 Å². The third-order valence-electron chi connectivity index (χ3n) is 3.50. The van der Waals surface area contributed by atoms with Crippen LogP contribution in [0, 0.1) is 20.8 Å². The first kappa shape index (κ1) is 13.7. The molecule has 1 aliphatic rings. The van der Waals surface area contributed by atoms with Gasteiger partial charge in [0.05, 0.1) is 0 Å². The van der Waals surface area contributed by atoms with Gasteiger partial charge in [-0.3, -0.25) is 4.79 Å². The predicted molar refractivity (Wildman–Crippen MR) is 75.5 cm³/mol. The molecule has 19 heavy (non-hydrogen) atoms. The molecule has 0 saturated carbocycles. The summed E-state index contributed by atoms with van der Waals surface area (Å²) in [7, 11) is 0. The van der Waals surface area contributed by atoms with Crippen molar-refractivity contribution in [1.82, 2.24) is 5.48 Å². The lowest BCUT2D eigenvalue weighted by Gasteiger charge is -2.15. The van der Waals surface area contributed by atoms with Gasteiger partial charge in [0.2, 0.25) is 0 Å². The van der Waals surface area contributed by atoms with Gasteiger partial charge in [0.15, 0.2) is 17.3 Å². The van der Waals surface area contributed by atoms with Crippen molar-refractivity contribution in [2.75, 3.05) is 0 Å². The van der Waals surface area contributed by atoms with Gasteiger partial charge in [-0.05, 0) is 64.3 Å². The molecule has 0 saturated heterocycles. The number of carbonyl (C=O) groups excluding carboxylic acids is 1. The molecule has 0 spiro atoms. The van der Waals surface area contributed by atoms with Crippen LogP contribution >= 0.6 is 0 Å². The molecule has 1 heterocycles. The van der Waals surface area contributed by atoms with Crippen molar-refractivity contribution in [3.63, 3.8) is 0 Å². The summed E-state index contributed by atoms with van der Waals surface area (Å²) in [5.74, 6) is 0.770. The maximum Gasteiger partial charge on any atom is 0.182 e. The maximum absolute atomic E-state index is 11.7. The lowest BCUT2D eigenvalue weighted by Crippen LogP contribution is -2.24. The Morgan fingerprint density at radius 1 is 1.26 bits per heavy atom. The van der Waals surface area contributed by atoms with E-state index in [4.69, 9.17) is 4.84 Å². The SMILES string of the molecule is CC(=O)c1cc(C)c(C)c(C2=NC(C)(C)ON2)c1C. The predicted octanol–water partition coefficient (Wildman–Crippen LogP) is 2.83. The quantitative estimate of drug-likeness (QED) is 0.832. The van der Waals surface area contributed by atoms with Crippen LogP contribution in [0.4, 0.5) is 0 Å². The second-order valence-corrected chi connectivity index (χ2v) is 5.53. The van der Waals surface area contributed by atoms with Gasteiger partial charge in [-0.15, -0.1) is 0 Å². The largest absolute Gasteiger partial charge is 0.295 e. The number of nitrogens with one attached hydrogen (secondary N) is 1. The van der Waals surface area contributed by atoms with Crippen LogP contribution < -0.4 is 5.48 Å². The Morgan fingerprint density at radius 2 is 1.89 bits per heavy atom. The minimum Gasteiger partial charge on any atom is -0.295 e. The summed E-state index contributed by atoms with van der Waals surface area (Å²) in [5.41, 5.74) is 7.16. The van der Waals surface area contributed by atoms with Crippen LogP contribution in [-0.4, -0.2) is 17.3 Å². The Morgan fingerprint density at radius 3 is 2.37 bits per heavy atom. The maximum atomic E-state index is 11.7. The van der Waals surface area contributed by atoms with Crippen molar-refractivity contribution in [3.8, 4) is 0 Å². The van der Waals surface area contributed by atoms with Gasteiger partial charge in [0.1, 0.15) is 0 Å². The lowest BCUT2D eigenvalue weighted by atomic mass is 9.91. The molecule has 4 heteroatoms. The molecule has 0 fully saturated rings. The molecule has 1 aromatic carbocycles. The van der Waals surface area contributed by atoms with Crippen molar-refractivity contribution in [1.29, 1.82) is 0 Å². The molecule has 0 amide bonds. The first-order chi connectivity index (χ1) is 8.73. The van der Waals surface area contributed by atoms with Gasteiger partial charge >= 0.3 is 0 Å². The average Bonchev–Trinajstić information content (AvgIpc) is 2.64. The van der Waals surface area contributed by atoms with Gasteiger partial charge in [-0.2, -0.15) is 0 Å². The van der Waals surface area contributed by atoms with Crippen LogP contribution in [-0.2, 0) is 4.84 Å². The average molecular weight is 260 g/mol. The highest BCUT2D eigenvalue weighted by Gasteiger charge is 2.29. The summed E-state index contributed by atoms with van der Waals surface area (Å²) < 4.78 is 0. The molecule has 0 unspecified atom stereocenters. The number of nitrogens with zero attached hydrogens (tertiary/aromatic N) is 1.